The largest absolute Gasteiger partial charge is 0.480 e. The maximum absolute atomic E-state index is 13.7. The van der Waals surface area contributed by atoms with E-state index in [1.807, 2.05) is 11.8 Å². The molecule has 0 radical (unpaired) electrons. The third-order valence-electron chi connectivity index (χ3n) is 3.46. The summed E-state index contributed by atoms with van der Waals surface area (Å²) in [4.78, 5) is 13.0. The van der Waals surface area contributed by atoms with Crippen molar-refractivity contribution < 1.29 is 19.0 Å². The average Bonchev–Trinajstić information content (AvgIpc) is 2.40. The molecule has 0 bridgehead atoms. The average molecular weight is 267 g/mol. The lowest BCUT2D eigenvalue weighted by atomic mass is 10.1. The molecule has 1 aliphatic heterocycles. The molecule has 2 atom stereocenters. The van der Waals surface area contributed by atoms with Crippen LogP contribution in [0.15, 0.2) is 24.3 Å². The highest BCUT2D eigenvalue weighted by Gasteiger charge is 2.31. The van der Waals surface area contributed by atoms with Crippen LogP contribution in [0.2, 0.25) is 0 Å². The summed E-state index contributed by atoms with van der Waals surface area (Å²) in [5, 5.41) is 9.18. The fourth-order valence-electron chi connectivity index (χ4n) is 2.47. The SMILES string of the molecule is CC[C@H](C(=O)O)N1CCO[C@@H](c2ccccc2F)C1. The Bertz CT molecular complexity index is 452. The first-order valence-corrected chi connectivity index (χ1v) is 6.46. The number of benzene rings is 1. The first-order valence-electron chi connectivity index (χ1n) is 6.46. The highest BCUT2D eigenvalue weighted by molar-refractivity contribution is 5.73. The molecule has 5 heteroatoms. The van der Waals surface area contributed by atoms with Crippen molar-refractivity contribution in [2.24, 2.45) is 0 Å². The molecule has 1 N–H and O–H groups in total. The molecule has 104 valence electrons. The Morgan fingerprint density at radius 1 is 1.58 bits per heavy atom. The Morgan fingerprint density at radius 3 is 2.95 bits per heavy atom. The van der Waals surface area contributed by atoms with Crippen LogP contribution in [0.4, 0.5) is 4.39 Å². The first-order chi connectivity index (χ1) is 9.13. The zero-order valence-corrected chi connectivity index (χ0v) is 10.9. The number of nitrogens with zero attached hydrogens (tertiary/aromatic N) is 1. The van der Waals surface area contributed by atoms with Gasteiger partial charge in [0.1, 0.15) is 11.9 Å². The van der Waals surface area contributed by atoms with Crippen LogP contribution >= 0.6 is 0 Å². The summed E-state index contributed by atoms with van der Waals surface area (Å²) < 4.78 is 19.3. The minimum absolute atomic E-state index is 0.308. The number of hydrogen-bond donors (Lipinski definition) is 1. The van der Waals surface area contributed by atoms with E-state index in [0.29, 0.717) is 31.7 Å². The van der Waals surface area contributed by atoms with Crippen LogP contribution in [0.3, 0.4) is 0 Å². The Labute approximate surface area is 111 Å². The van der Waals surface area contributed by atoms with Crippen molar-refractivity contribution in [3.8, 4) is 0 Å². The second-order valence-electron chi connectivity index (χ2n) is 4.64. The highest BCUT2D eigenvalue weighted by atomic mass is 19.1. The van der Waals surface area contributed by atoms with Crippen LogP contribution in [0, 0.1) is 5.82 Å². The normalized spacial score (nSPS) is 22.1. The van der Waals surface area contributed by atoms with E-state index in [2.05, 4.69) is 0 Å². The van der Waals surface area contributed by atoms with Gasteiger partial charge in [-0.15, -0.1) is 0 Å². The van der Waals surface area contributed by atoms with Crippen molar-refractivity contribution in [1.29, 1.82) is 0 Å². The van der Waals surface area contributed by atoms with Gasteiger partial charge in [-0.1, -0.05) is 25.1 Å². The zero-order valence-electron chi connectivity index (χ0n) is 10.9. The molecule has 4 nitrogen and oxygen atoms in total. The smallest absolute Gasteiger partial charge is 0.320 e. The Morgan fingerprint density at radius 2 is 2.32 bits per heavy atom. The number of carboxylic acids is 1. The van der Waals surface area contributed by atoms with Crippen LogP contribution in [-0.4, -0.2) is 41.7 Å². The van der Waals surface area contributed by atoms with Crippen LogP contribution < -0.4 is 0 Å². The van der Waals surface area contributed by atoms with Gasteiger partial charge in [0.05, 0.1) is 12.7 Å². The number of aliphatic carboxylic acids is 1. The molecule has 1 saturated heterocycles. The third kappa shape index (κ3) is 3.11. The molecule has 0 saturated carbocycles. The standard InChI is InChI=1S/C14H18FNO3/c1-2-12(14(17)18)16-7-8-19-13(9-16)10-5-3-4-6-11(10)15/h3-6,12-13H,2,7-9H2,1H3,(H,17,18)/t12-,13-/m1/s1. The number of carboxylic acid groups (broad SMARTS) is 1. The van der Waals surface area contributed by atoms with E-state index in [1.165, 1.54) is 6.07 Å². The van der Waals surface area contributed by atoms with E-state index in [0.717, 1.165) is 0 Å². The molecule has 1 aromatic carbocycles. The van der Waals surface area contributed by atoms with Crippen molar-refractivity contribution >= 4 is 5.97 Å². The second kappa shape index (κ2) is 6.12. The maximum Gasteiger partial charge on any atom is 0.320 e. The van der Waals surface area contributed by atoms with Crippen LogP contribution in [0.1, 0.15) is 25.0 Å². The van der Waals surface area contributed by atoms with Gasteiger partial charge in [-0.3, -0.25) is 9.69 Å². The van der Waals surface area contributed by atoms with Gasteiger partial charge in [0.2, 0.25) is 0 Å². The van der Waals surface area contributed by atoms with E-state index in [4.69, 9.17) is 4.74 Å². The second-order valence-corrected chi connectivity index (χ2v) is 4.64. The van der Waals surface area contributed by atoms with Crippen LogP contribution in [0.5, 0.6) is 0 Å². The summed E-state index contributed by atoms with van der Waals surface area (Å²) in [5.41, 5.74) is 0.493. The molecule has 1 heterocycles. The molecule has 1 aromatic rings. The lowest BCUT2D eigenvalue weighted by molar-refractivity contribution is -0.147. The van der Waals surface area contributed by atoms with Gasteiger partial charge in [0.15, 0.2) is 0 Å². The van der Waals surface area contributed by atoms with Crippen molar-refractivity contribution in [3.63, 3.8) is 0 Å². The molecule has 0 amide bonds. The predicted molar refractivity (Wildman–Crippen MR) is 68.4 cm³/mol. The number of ether oxygens (including phenoxy) is 1. The predicted octanol–water partition coefficient (Wildman–Crippen LogP) is 2.06. The minimum atomic E-state index is -0.836. The van der Waals surface area contributed by atoms with Crippen molar-refractivity contribution in [1.82, 2.24) is 4.90 Å². The number of hydrogen-bond acceptors (Lipinski definition) is 3. The van der Waals surface area contributed by atoms with Gasteiger partial charge in [-0.2, -0.15) is 0 Å². The number of rotatable bonds is 4. The van der Waals surface area contributed by atoms with Gasteiger partial charge in [-0.05, 0) is 12.5 Å². The van der Waals surface area contributed by atoms with Crippen LogP contribution in [-0.2, 0) is 9.53 Å². The molecule has 2 rings (SSSR count). The quantitative estimate of drug-likeness (QED) is 0.907. The summed E-state index contributed by atoms with van der Waals surface area (Å²) in [5.74, 6) is -1.14. The van der Waals surface area contributed by atoms with E-state index in [9.17, 15) is 14.3 Å². The maximum atomic E-state index is 13.7. The zero-order chi connectivity index (χ0) is 13.8. The Hall–Kier alpha value is -1.46. The van der Waals surface area contributed by atoms with Crippen molar-refractivity contribution in [3.05, 3.63) is 35.6 Å². The van der Waals surface area contributed by atoms with Gasteiger partial charge in [0, 0.05) is 18.7 Å². The van der Waals surface area contributed by atoms with E-state index >= 15 is 0 Å². The number of morpholine rings is 1. The molecule has 0 aliphatic carbocycles. The summed E-state index contributed by atoms with van der Waals surface area (Å²) in [6, 6.07) is 5.94. The summed E-state index contributed by atoms with van der Waals surface area (Å²) in [7, 11) is 0. The van der Waals surface area contributed by atoms with Gasteiger partial charge < -0.3 is 9.84 Å². The van der Waals surface area contributed by atoms with Gasteiger partial charge >= 0.3 is 5.97 Å². The minimum Gasteiger partial charge on any atom is -0.480 e. The van der Waals surface area contributed by atoms with Crippen molar-refractivity contribution in [2.45, 2.75) is 25.5 Å². The first kappa shape index (κ1) is 14.0. The van der Waals surface area contributed by atoms with Crippen LogP contribution in [0.25, 0.3) is 0 Å². The Balaban J connectivity index is 2.13. The van der Waals surface area contributed by atoms with Gasteiger partial charge in [0.25, 0.3) is 0 Å². The molecule has 0 unspecified atom stereocenters. The monoisotopic (exact) mass is 267 g/mol. The molecule has 1 aliphatic rings. The molecule has 0 aromatic heterocycles. The highest BCUT2D eigenvalue weighted by Crippen LogP contribution is 2.26. The van der Waals surface area contributed by atoms with Gasteiger partial charge in [-0.25, -0.2) is 4.39 Å². The summed E-state index contributed by atoms with van der Waals surface area (Å²) in [6.45, 7) is 3.23. The topological polar surface area (TPSA) is 49.8 Å². The fraction of sp³-hybridized carbons (Fsp3) is 0.500. The number of carbonyl (C=O) groups is 1. The molecule has 1 fully saturated rings. The Kier molecular flexibility index (Phi) is 4.50. The molecular weight excluding hydrogens is 249 g/mol. The lowest BCUT2D eigenvalue weighted by Crippen LogP contribution is -2.48. The van der Waals surface area contributed by atoms with Crippen molar-refractivity contribution in [2.75, 3.05) is 19.7 Å². The third-order valence-corrected chi connectivity index (χ3v) is 3.46. The van der Waals surface area contributed by atoms with E-state index in [-0.39, 0.29) is 5.82 Å². The summed E-state index contributed by atoms with van der Waals surface area (Å²) >= 11 is 0. The van der Waals surface area contributed by atoms with E-state index in [1.54, 1.807) is 18.2 Å². The molecular formula is C14H18FNO3. The molecule has 0 spiro atoms. The fourth-order valence-corrected chi connectivity index (χ4v) is 2.47. The lowest BCUT2D eigenvalue weighted by Gasteiger charge is -2.36. The molecule has 19 heavy (non-hydrogen) atoms. The van der Waals surface area contributed by atoms with E-state index < -0.39 is 18.1 Å². The summed E-state index contributed by atoms with van der Waals surface area (Å²) in [6.07, 6.45) is 0.127. The number of halogens is 1.